The summed E-state index contributed by atoms with van der Waals surface area (Å²) in [7, 11) is 0. The average Bonchev–Trinajstić information content (AvgIpc) is 2.70. The van der Waals surface area contributed by atoms with Gasteiger partial charge in [-0.1, -0.05) is 56.7 Å². The molecule has 2 aliphatic carbocycles. The van der Waals surface area contributed by atoms with Crippen LogP contribution in [0.1, 0.15) is 64.2 Å². The Morgan fingerprint density at radius 3 is 1.64 bits per heavy atom. The van der Waals surface area contributed by atoms with Crippen LogP contribution in [0.25, 0.3) is 0 Å². The first kappa shape index (κ1) is 16.7. The van der Waals surface area contributed by atoms with Gasteiger partial charge in [0.25, 0.3) is 0 Å². The maximum absolute atomic E-state index is 13.3. The fourth-order valence-electron chi connectivity index (χ4n) is 4.83. The predicted molar refractivity (Wildman–Crippen MR) is 101 cm³/mol. The number of nitrogens with zero attached hydrogens (tertiary/aromatic N) is 3. The third kappa shape index (κ3) is 3.63. The van der Waals surface area contributed by atoms with Gasteiger partial charge >= 0.3 is 6.03 Å². The summed E-state index contributed by atoms with van der Waals surface area (Å²) < 4.78 is 0. The molecule has 0 bridgehead atoms. The summed E-state index contributed by atoms with van der Waals surface area (Å²) in [5.41, 5.74) is 1.23. The number of hydrogen-bond donors (Lipinski definition) is 0. The molecule has 1 aromatic rings. The van der Waals surface area contributed by atoms with Gasteiger partial charge in [-0.3, -0.25) is 0 Å². The van der Waals surface area contributed by atoms with E-state index in [-0.39, 0.29) is 0 Å². The zero-order valence-corrected chi connectivity index (χ0v) is 15.3. The van der Waals surface area contributed by atoms with Crippen molar-refractivity contribution in [2.75, 3.05) is 18.2 Å². The Labute approximate surface area is 151 Å². The molecule has 25 heavy (non-hydrogen) atoms. The highest BCUT2D eigenvalue weighted by atomic mass is 16.2. The molecule has 0 N–H and O–H groups in total. The smallest absolute Gasteiger partial charge is 0.323 e. The van der Waals surface area contributed by atoms with Crippen LogP contribution < -0.4 is 4.90 Å². The van der Waals surface area contributed by atoms with E-state index in [1.807, 2.05) is 0 Å². The number of para-hydroxylation sites is 1. The van der Waals surface area contributed by atoms with E-state index in [2.05, 4.69) is 45.0 Å². The van der Waals surface area contributed by atoms with Crippen molar-refractivity contribution in [3.8, 4) is 0 Å². The van der Waals surface area contributed by atoms with E-state index in [9.17, 15) is 4.79 Å². The summed E-state index contributed by atoms with van der Waals surface area (Å²) in [6.07, 6.45) is 12.4. The van der Waals surface area contributed by atoms with Gasteiger partial charge in [-0.05, 0) is 37.8 Å². The highest BCUT2D eigenvalue weighted by molar-refractivity contribution is 5.77. The molecule has 4 nitrogen and oxygen atoms in total. The topological polar surface area (TPSA) is 26.8 Å². The van der Waals surface area contributed by atoms with E-state index in [0.29, 0.717) is 18.1 Å². The second kappa shape index (κ2) is 7.67. The second-order valence-electron chi connectivity index (χ2n) is 7.96. The zero-order chi connectivity index (χ0) is 17.1. The minimum Gasteiger partial charge on any atom is -0.336 e. The lowest BCUT2D eigenvalue weighted by molar-refractivity contribution is 0.0711. The molecule has 0 atom stereocenters. The summed E-state index contributed by atoms with van der Waals surface area (Å²) in [5.74, 6) is 0. The van der Waals surface area contributed by atoms with Crippen LogP contribution >= 0.6 is 0 Å². The van der Waals surface area contributed by atoms with Crippen molar-refractivity contribution in [2.45, 2.75) is 76.3 Å². The number of carbonyl (C=O) groups excluding carboxylic acids is 1. The highest BCUT2D eigenvalue weighted by Crippen LogP contribution is 2.31. The van der Waals surface area contributed by atoms with Crippen molar-refractivity contribution in [2.24, 2.45) is 0 Å². The molecule has 1 saturated heterocycles. The van der Waals surface area contributed by atoms with E-state index in [1.54, 1.807) is 0 Å². The molecular formula is C21H31N3O. The Bertz CT molecular complexity index is 534. The summed E-state index contributed by atoms with van der Waals surface area (Å²) >= 11 is 0. The fourth-order valence-corrected chi connectivity index (χ4v) is 4.83. The zero-order valence-electron chi connectivity index (χ0n) is 15.3. The number of carbonyl (C=O) groups is 1. The van der Waals surface area contributed by atoms with Crippen molar-refractivity contribution in [1.29, 1.82) is 0 Å². The Morgan fingerprint density at radius 2 is 1.16 bits per heavy atom. The minimum atomic E-state index is 0.297. The van der Waals surface area contributed by atoms with Crippen LogP contribution in [0.4, 0.5) is 10.5 Å². The quantitative estimate of drug-likeness (QED) is 0.789. The van der Waals surface area contributed by atoms with Crippen LogP contribution in [0.2, 0.25) is 0 Å². The molecular weight excluding hydrogens is 310 g/mol. The largest absolute Gasteiger partial charge is 0.336 e. The molecule has 3 fully saturated rings. The fraction of sp³-hybridized carbons (Fsp3) is 0.667. The molecule has 0 aromatic heterocycles. The number of hydrogen-bond acceptors (Lipinski definition) is 2. The number of benzene rings is 1. The molecule has 1 heterocycles. The van der Waals surface area contributed by atoms with Gasteiger partial charge in [0.1, 0.15) is 0 Å². The summed E-state index contributed by atoms with van der Waals surface area (Å²) in [4.78, 5) is 20.1. The van der Waals surface area contributed by atoms with Crippen molar-refractivity contribution in [3.05, 3.63) is 30.3 Å². The minimum absolute atomic E-state index is 0.297. The van der Waals surface area contributed by atoms with E-state index in [4.69, 9.17) is 0 Å². The normalized spacial score (nSPS) is 24.0. The average molecular weight is 341 g/mol. The van der Waals surface area contributed by atoms with Gasteiger partial charge in [0.2, 0.25) is 0 Å². The third-order valence-corrected chi connectivity index (χ3v) is 6.29. The van der Waals surface area contributed by atoms with Gasteiger partial charge in [-0.25, -0.2) is 4.79 Å². The van der Waals surface area contributed by atoms with E-state index in [1.165, 1.54) is 69.9 Å². The molecule has 2 saturated carbocycles. The standard InChI is InChI=1S/C21H31N3O/c25-21-23(19-12-6-2-7-13-19)16-22(18-10-4-1-5-11-18)17-24(21)20-14-8-3-9-15-20/h1,4-5,10-11,19-20H,2-3,6-9,12-17H2. The number of anilines is 1. The number of urea groups is 1. The van der Waals surface area contributed by atoms with Crippen LogP contribution in [-0.4, -0.2) is 41.3 Å². The Balaban J connectivity index is 1.58. The lowest BCUT2D eigenvalue weighted by Crippen LogP contribution is -2.63. The van der Waals surface area contributed by atoms with Crippen LogP contribution in [-0.2, 0) is 0 Å². The molecule has 0 radical (unpaired) electrons. The SMILES string of the molecule is O=C1N(C2CCCCC2)CN(c2ccccc2)CN1C1CCCCC1. The molecule has 3 aliphatic rings. The second-order valence-corrected chi connectivity index (χ2v) is 7.96. The van der Waals surface area contributed by atoms with Crippen molar-refractivity contribution >= 4 is 11.7 Å². The third-order valence-electron chi connectivity index (χ3n) is 6.29. The highest BCUT2D eigenvalue weighted by Gasteiger charge is 2.38. The van der Waals surface area contributed by atoms with Crippen molar-refractivity contribution in [1.82, 2.24) is 9.80 Å². The first-order valence-electron chi connectivity index (χ1n) is 10.2. The number of rotatable bonds is 3. The van der Waals surface area contributed by atoms with Gasteiger partial charge < -0.3 is 14.7 Å². The van der Waals surface area contributed by atoms with Crippen LogP contribution in [0.3, 0.4) is 0 Å². The number of amides is 2. The predicted octanol–water partition coefficient (Wildman–Crippen LogP) is 4.81. The first-order chi connectivity index (χ1) is 12.3. The van der Waals surface area contributed by atoms with Crippen molar-refractivity contribution in [3.63, 3.8) is 0 Å². The van der Waals surface area contributed by atoms with E-state index in [0.717, 1.165) is 13.3 Å². The molecule has 4 rings (SSSR count). The molecule has 2 amide bonds. The van der Waals surface area contributed by atoms with Crippen LogP contribution in [0, 0.1) is 0 Å². The molecule has 1 aromatic carbocycles. The van der Waals surface area contributed by atoms with Crippen LogP contribution in [0.5, 0.6) is 0 Å². The summed E-state index contributed by atoms with van der Waals surface area (Å²) in [6, 6.07) is 11.8. The van der Waals surface area contributed by atoms with Gasteiger partial charge in [-0.15, -0.1) is 0 Å². The van der Waals surface area contributed by atoms with Gasteiger partial charge in [0.05, 0.1) is 13.3 Å². The van der Waals surface area contributed by atoms with Gasteiger partial charge in [-0.2, -0.15) is 0 Å². The first-order valence-corrected chi connectivity index (χ1v) is 10.2. The molecule has 1 aliphatic heterocycles. The lowest BCUT2D eigenvalue weighted by Gasteiger charge is -2.49. The molecule has 4 heteroatoms. The Kier molecular flexibility index (Phi) is 5.14. The summed E-state index contributed by atoms with van der Waals surface area (Å²) in [6.45, 7) is 1.49. The lowest BCUT2D eigenvalue weighted by atomic mass is 9.93. The molecule has 136 valence electrons. The van der Waals surface area contributed by atoms with Crippen LogP contribution in [0.15, 0.2) is 30.3 Å². The summed E-state index contributed by atoms with van der Waals surface area (Å²) in [5, 5.41) is 0. The molecule has 0 unspecified atom stereocenters. The monoisotopic (exact) mass is 341 g/mol. The van der Waals surface area contributed by atoms with Crippen molar-refractivity contribution < 1.29 is 4.79 Å². The maximum Gasteiger partial charge on any atom is 0.323 e. The van der Waals surface area contributed by atoms with Gasteiger partial charge in [0.15, 0.2) is 0 Å². The Hall–Kier alpha value is -1.71. The van der Waals surface area contributed by atoms with Gasteiger partial charge in [0, 0.05) is 17.8 Å². The van der Waals surface area contributed by atoms with E-state index >= 15 is 0 Å². The maximum atomic E-state index is 13.3. The Morgan fingerprint density at radius 1 is 0.680 bits per heavy atom. The molecule has 0 spiro atoms. The van der Waals surface area contributed by atoms with E-state index < -0.39 is 0 Å².